The molecule has 0 N–H and O–H groups in total. The van der Waals surface area contributed by atoms with Crippen LogP contribution in [0.1, 0.15) is 26.3 Å². The third kappa shape index (κ3) is 3.97. The Balaban J connectivity index is 1.48. The summed E-state index contributed by atoms with van der Waals surface area (Å²) in [7, 11) is 0. The van der Waals surface area contributed by atoms with Gasteiger partial charge in [-0.25, -0.2) is 4.39 Å². The number of benzene rings is 5. The van der Waals surface area contributed by atoms with Crippen molar-refractivity contribution in [3.63, 3.8) is 0 Å². The fraction of sp³-hybridized carbons (Fsp3) is 0.139. The van der Waals surface area contributed by atoms with Crippen LogP contribution >= 0.6 is 0 Å². The lowest BCUT2D eigenvalue weighted by atomic mass is 9.89. The van der Waals surface area contributed by atoms with Gasteiger partial charge in [-0.2, -0.15) is 0 Å². The van der Waals surface area contributed by atoms with Gasteiger partial charge >= 0.3 is 0 Å². The second-order valence-electron chi connectivity index (χ2n) is 11.6. The molecule has 2 nitrogen and oxygen atoms in total. The average Bonchev–Trinajstić information content (AvgIpc) is 3.31. The molecule has 0 aliphatic heterocycles. The van der Waals surface area contributed by atoms with Crippen molar-refractivity contribution in [3.8, 4) is 22.4 Å². The summed E-state index contributed by atoms with van der Waals surface area (Å²) in [5, 5.41) is 6.16. The first-order valence-electron chi connectivity index (χ1n) is 13.4. The number of rotatable bonds is 3. The summed E-state index contributed by atoms with van der Waals surface area (Å²) >= 11 is 0. The second-order valence-corrected chi connectivity index (χ2v) is 11.6. The van der Waals surface area contributed by atoms with Crippen molar-refractivity contribution in [2.75, 3.05) is 0 Å². The molecule has 0 atom stereocenters. The third-order valence-corrected chi connectivity index (χ3v) is 7.49. The fourth-order valence-corrected chi connectivity index (χ4v) is 5.85. The van der Waals surface area contributed by atoms with Crippen molar-refractivity contribution in [3.05, 3.63) is 115 Å². The lowest BCUT2D eigenvalue weighted by Gasteiger charge is -2.17. The van der Waals surface area contributed by atoms with Gasteiger partial charge in [-0.1, -0.05) is 87.5 Å². The van der Waals surface area contributed by atoms with E-state index in [2.05, 4.69) is 63.2 Å². The monoisotopic (exact) mass is 509 g/mol. The Hall–Kier alpha value is -4.50. The maximum absolute atomic E-state index is 15.8. The molecule has 0 radical (unpaired) electrons. The Morgan fingerprint density at radius 1 is 0.667 bits per heavy atom. The van der Waals surface area contributed by atoms with Crippen LogP contribution < -0.4 is 0 Å². The molecule has 2 aromatic heterocycles. The zero-order valence-corrected chi connectivity index (χ0v) is 22.3. The molecule has 190 valence electrons. The molecule has 7 rings (SSSR count). The van der Waals surface area contributed by atoms with Crippen molar-refractivity contribution < 1.29 is 8.81 Å². The number of pyridine rings is 1. The number of furan rings is 1. The minimum Gasteiger partial charge on any atom is -0.455 e. The van der Waals surface area contributed by atoms with Gasteiger partial charge in [0.2, 0.25) is 0 Å². The topological polar surface area (TPSA) is 26.0 Å². The Labute approximate surface area is 226 Å². The molecular weight excluding hydrogens is 481 g/mol. The zero-order chi connectivity index (χ0) is 26.7. The van der Waals surface area contributed by atoms with Gasteiger partial charge in [-0.15, -0.1) is 0 Å². The first-order chi connectivity index (χ1) is 18.9. The van der Waals surface area contributed by atoms with E-state index < -0.39 is 0 Å². The summed E-state index contributed by atoms with van der Waals surface area (Å²) in [4.78, 5) is 4.79. The highest BCUT2D eigenvalue weighted by atomic mass is 19.1. The van der Waals surface area contributed by atoms with Crippen LogP contribution in [-0.4, -0.2) is 4.98 Å². The van der Waals surface area contributed by atoms with E-state index in [0.29, 0.717) is 11.1 Å². The predicted octanol–water partition coefficient (Wildman–Crippen LogP) is 10.3. The summed E-state index contributed by atoms with van der Waals surface area (Å²) in [5.41, 5.74) is 5.74. The van der Waals surface area contributed by atoms with Crippen LogP contribution in [0.4, 0.5) is 4.39 Å². The van der Waals surface area contributed by atoms with E-state index in [4.69, 9.17) is 9.40 Å². The van der Waals surface area contributed by atoms with Gasteiger partial charge in [0.25, 0.3) is 0 Å². The van der Waals surface area contributed by atoms with E-state index in [1.165, 1.54) is 5.56 Å². The lowest BCUT2D eigenvalue weighted by molar-refractivity contribution is 0.411. The summed E-state index contributed by atoms with van der Waals surface area (Å²) in [6, 6.07) is 32.2. The van der Waals surface area contributed by atoms with E-state index >= 15 is 4.39 Å². The Morgan fingerprint density at radius 2 is 1.38 bits per heavy atom. The molecule has 0 bridgehead atoms. The Kier molecular flexibility index (Phi) is 5.31. The van der Waals surface area contributed by atoms with Gasteiger partial charge < -0.3 is 4.42 Å². The molecule has 0 aliphatic rings. The molecule has 0 fully saturated rings. The minimum absolute atomic E-state index is 0.190. The molecule has 39 heavy (non-hydrogen) atoms. The molecule has 0 saturated heterocycles. The van der Waals surface area contributed by atoms with Gasteiger partial charge in [0.05, 0.1) is 11.3 Å². The summed E-state index contributed by atoms with van der Waals surface area (Å²) < 4.78 is 22.4. The van der Waals surface area contributed by atoms with Crippen molar-refractivity contribution >= 4 is 43.5 Å². The first kappa shape index (κ1) is 23.6. The van der Waals surface area contributed by atoms with Gasteiger partial charge in [-0.3, -0.25) is 4.98 Å². The molecule has 0 aliphatic carbocycles. The molecular formula is C36H28FNO. The number of aromatic nitrogens is 1. The number of hydrogen-bond donors (Lipinski definition) is 0. The van der Waals surface area contributed by atoms with E-state index in [-0.39, 0.29) is 11.2 Å². The van der Waals surface area contributed by atoms with E-state index in [9.17, 15) is 0 Å². The SMILES string of the molecule is CC(C)(C)Cc1ccc(-c2cccc3c2oc2c(-c4cc5ccccc5c5ccccc45)c(F)ccc23)nc1. The molecule has 3 heteroatoms. The molecule has 0 unspecified atom stereocenters. The normalized spacial score (nSPS) is 12.2. The van der Waals surface area contributed by atoms with Crippen LogP contribution in [0.5, 0.6) is 0 Å². The van der Waals surface area contributed by atoms with Crippen molar-refractivity contribution in [2.24, 2.45) is 5.41 Å². The number of hydrogen-bond acceptors (Lipinski definition) is 2. The largest absolute Gasteiger partial charge is 0.455 e. The molecule has 0 spiro atoms. The fourth-order valence-electron chi connectivity index (χ4n) is 5.85. The number of halogens is 1. The minimum atomic E-state index is -0.298. The van der Waals surface area contributed by atoms with Gasteiger partial charge in [-0.05, 0) is 74.8 Å². The quantitative estimate of drug-likeness (QED) is 0.221. The van der Waals surface area contributed by atoms with E-state index in [1.54, 1.807) is 6.07 Å². The zero-order valence-electron chi connectivity index (χ0n) is 22.3. The smallest absolute Gasteiger partial charge is 0.146 e. The van der Waals surface area contributed by atoms with E-state index in [0.717, 1.165) is 61.1 Å². The van der Waals surface area contributed by atoms with Crippen molar-refractivity contribution in [1.82, 2.24) is 4.98 Å². The maximum atomic E-state index is 15.8. The van der Waals surface area contributed by atoms with Crippen LogP contribution in [-0.2, 0) is 6.42 Å². The summed E-state index contributed by atoms with van der Waals surface area (Å²) in [5.74, 6) is -0.298. The Morgan fingerprint density at radius 3 is 2.15 bits per heavy atom. The highest BCUT2D eigenvalue weighted by molar-refractivity contribution is 6.18. The third-order valence-electron chi connectivity index (χ3n) is 7.49. The second kappa shape index (κ2) is 8.78. The number of nitrogens with zero attached hydrogens (tertiary/aromatic N) is 1. The van der Waals surface area contributed by atoms with Crippen molar-refractivity contribution in [1.29, 1.82) is 0 Å². The van der Waals surface area contributed by atoms with Gasteiger partial charge in [0.1, 0.15) is 17.0 Å². The van der Waals surface area contributed by atoms with Crippen LogP contribution in [0.3, 0.4) is 0 Å². The average molecular weight is 510 g/mol. The van der Waals surface area contributed by atoms with Crippen LogP contribution in [0.25, 0.3) is 65.9 Å². The Bertz CT molecular complexity index is 2030. The van der Waals surface area contributed by atoms with Crippen LogP contribution in [0.2, 0.25) is 0 Å². The highest BCUT2D eigenvalue weighted by Crippen LogP contribution is 2.43. The first-order valence-corrected chi connectivity index (χ1v) is 13.4. The molecule has 5 aromatic carbocycles. The van der Waals surface area contributed by atoms with Gasteiger partial charge in [0.15, 0.2) is 0 Å². The molecule has 7 aromatic rings. The maximum Gasteiger partial charge on any atom is 0.146 e. The molecule has 2 heterocycles. The number of fused-ring (bicyclic) bond motifs is 6. The van der Waals surface area contributed by atoms with Gasteiger partial charge in [0, 0.05) is 22.5 Å². The summed E-state index contributed by atoms with van der Waals surface area (Å²) in [6.45, 7) is 6.68. The standard InChI is InChI=1S/C36H28FNO/c1-36(2,3)20-22-15-18-32(38-21-22)29-14-8-13-27-28-16-17-31(37)33(35(28)39-34(27)29)30-19-23-9-4-5-10-24(23)25-11-6-7-12-26(25)30/h4-19,21H,20H2,1-3H3. The van der Waals surface area contributed by atoms with E-state index in [1.807, 2.05) is 54.7 Å². The van der Waals surface area contributed by atoms with Crippen LogP contribution in [0, 0.1) is 11.2 Å². The lowest BCUT2D eigenvalue weighted by Crippen LogP contribution is -2.09. The summed E-state index contributed by atoms with van der Waals surface area (Å²) in [6.07, 6.45) is 2.91. The van der Waals surface area contributed by atoms with Crippen LogP contribution in [0.15, 0.2) is 108 Å². The van der Waals surface area contributed by atoms with Crippen molar-refractivity contribution in [2.45, 2.75) is 27.2 Å². The molecule has 0 saturated carbocycles. The number of para-hydroxylation sites is 1. The molecule has 0 amide bonds. The highest BCUT2D eigenvalue weighted by Gasteiger charge is 2.21. The predicted molar refractivity (Wildman–Crippen MR) is 161 cm³/mol.